The highest BCUT2D eigenvalue weighted by Gasteiger charge is 2.41. The van der Waals surface area contributed by atoms with E-state index in [1.54, 1.807) is 30.3 Å². The first-order valence-electron chi connectivity index (χ1n) is 13.2. The molecule has 0 aliphatic carbocycles. The monoisotopic (exact) mass is 573 g/mol. The van der Waals surface area contributed by atoms with E-state index in [1.165, 1.54) is 12.1 Å². The van der Waals surface area contributed by atoms with Gasteiger partial charge >= 0.3 is 0 Å². The molecule has 0 radical (unpaired) electrons. The van der Waals surface area contributed by atoms with Crippen LogP contribution in [0.1, 0.15) is 5.56 Å². The first kappa shape index (κ1) is 28.1. The second-order valence-electron chi connectivity index (χ2n) is 9.54. The van der Waals surface area contributed by atoms with E-state index in [1.807, 2.05) is 109 Å². The van der Waals surface area contributed by atoms with Gasteiger partial charge in [-0.2, -0.15) is 5.26 Å². The number of nitriles is 1. The molecule has 0 fully saturated rings. The van der Waals surface area contributed by atoms with Crippen molar-refractivity contribution >= 4 is 43.7 Å². The third-order valence-corrected chi connectivity index (χ3v) is 13.4. The van der Waals surface area contributed by atoms with Gasteiger partial charge < -0.3 is 0 Å². The van der Waals surface area contributed by atoms with Gasteiger partial charge in [-0.05, 0) is 46.9 Å². The molecule has 0 amide bonds. The number of sulfone groups is 1. The maximum absolute atomic E-state index is 14.9. The second kappa shape index (κ2) is 12.4. The fraction of sp³-hybridized carbons (Fsp3) is 0.0571. The Morgan fingerprint density at radius 2 is 0.976 bits per heavy atom. The number of benzene rings is 5. The molecule has 0 saturated carbocycles. The SMILES string of the molecule is N#CC(C(=O)C(Cc1ccccc1)S(=O)(=O)c1ccccc1)=P(c1ccccc1)(c1ccccc1)c1ccccc1. The second-order valence-corrected chi connectivity index (χ2v) is 15.0. The van der Waals surface area contributed by atoms with Crippen LogP contribution in [-0.4, -0.2) is 24.7 Å². The Hall–Kier alpha value is -4.49. The van der Waals surface area contributed by atoms with Gasteiger partial charge in [0.1, 0.15) is 16.6 Å². The lowest BCUT2D eigenvalue weighted by atomic mass is 10.1. The Bertz CT molecular complexity index is 1730. The van der Waals surface area contributed by atoms with Crippen LogP contribution in [0.4, 0.5) is 0 Å². The third-order valence-electron chi connectivity index (χ3n) is 7.11. The smallest absolute Gasteiger partial charge is 0.193 e. The summed E-state index contributed by atoms with van der Waals surface area (Å²) in [7, 11) is -4.16. The van der Waals surface area contributed by atoms with Gasteiger partial charge in [0.25, 0.3) is 0 Å². The highest BCUT2D eigenvalue weighted by molar-refractivity contribution is 7.97. The summed E-state index contributed by atoms with van der Waals surface area (Å²) in [5.74, 6) is -0.676. The fourth-order valence-corrected chi connectivity index (χ4v) is 11.1. The van der Waals surface area contributed by atoms with Gasteiger partial charge in [0.15, 0.2) is 15.6 Å². The average Bonchev–Trinajstić information content (AvgIpc) is 3.04. The summed E-state index contributed by atoms with van der Waals surface area (Å²) in [6, 6.07) is 47.9. The minimum Gasteiger partial charge on any atom is -0.292 e. The summed E-state index contributed by atoms with van der Waals surface area (Å²) >= 11 is 0. The molecule has 0 aromatic heterocycles. The lowest BCUT2D eigenvalue weighted by molar-refractivity contribution is -0.112. The van der Waals surface area contributed by atoms with Crippen LogP contribution in [0.5, 0.6) is 0 Å². The van der Waals surface area contributed by atoms with Gasteiger partial charge in [-0.25, -0.2) is 8.42 Å². The Labute approximate surface area is 241 Å². The van der Waals surface area contributed by atoms with Crippen molar-refractivity contribution in [1.82, 2.24) is 0 Å². The van der Waals surface area contributed by atoms with Gasteiger partial charge in [-0.1, -0.05) is 140 Å². The summed E-state index contributed by atoms with van der Waals surface area (Å²) in [5, 5.41) is 11.8. The van der Waals surface area contributed by atoms with Crippen LogP contribution in [-0.2, 0) is 21.1 Å². The van der Waals surface area contributed by atoms with Crippen molar-refractivity contribution in [2.75, 3.05) is 0 Å². The molecule has 0 saturated heterocycles. The summed E-state index contributed by atoms with van der Waals surface area (Å²) < 4.78 is 28.4. The normalized spacial score (nSPS) is 12.2. The van der Waals surface area contributed by atoms with E-state index in [2.05, 4.69) is 6.07 Å². The third kappa shape index (κ3) is 5.45. The Morgan fingerprint density at radius 3 is 1.37 bits per heavy atom. The summed E-state index contributed by atoms with van der Waals surface area (Å²) in [6.45, 7) is -3.10. The molecule has 6 heteroatoms. The lowest BCUT2D eigenvalue weighted by Crippen LogP contribution is -2.41. The van der Waals surface area contributed by atoms with Crippen LogP contribution in [0.25, 0.3) is 0 Å². The van der Waals surface area contributed by atoms with Crippen molar-refractivity contribution in [1.29, 1.82) is 5.26 Å². The predicted molar refractivity (Wildman–Crippen MR) is 168 cm³/mol. The molecule has 4 nitrogen and oxygen atoms in total. The van der Waals surface area contributed by atoms with Crippen molar-refractivity contribution in [3.8, 4) is 6.07 Å². The average molecular weight is 574 g/mol. The largest absolute Gasteiger partial charge is 0.292 e. The maximum Gasteiger partial charge on any atom is 0.193 e. The van der Waals surface area contributed by atoms with Crippen LogP contribution in [0.2, 0.25) is 0 Å². The number of hydrogen-bond donors (Lipinski definition) is 0. The Kier molecular flexibility index (Phi) is 8.45. The molecule has 202 valence electrons. The first-order chi connectivity index (χ1) is 20.0. The fourth-order valence-electron chi connectivity index (χ4n) is 5.18. The Morgan fingerprint density at radius 1 is 0.610 bits per heavy atom. The molecular formula is C35H28NO3PS. The standard InChI is InChI=1S/C35H28NO3PS/c36-27-33(35(37)34(26-28-16-6-1-7-17-28)41(38,39)32-24-14-5-15-25-32)40(29-18-8-2-9-19-29,30-20-10-3-11-21-30)31-22-12-4-13-23-31/h1-25,34H,26H2. The zero-order chi connectivity index (χ0) is 28.7. The molecule has 0 N–H and O–H groups in total. The van der Waals surface area contributed by atoms with Crippen LogP contribution in [0.15, 0.2) is 157 Å². The molecule has 1 atom stereocenters. The van der Waals surface area contributed by atoms with Crippen molar-refractivity contribution in [2.45, 2.75) is 16.6 Å². The van der Waals surface area contributed by atoms with Crippen molar-refractivity contribution in [3.05, 3.63) is 157 Å². The highest BCUT2D eigenvalue weighted by atomic mass is 32.2. The lowest BCUT2D eigenvalue weighted by Gasteiger charge is -2.31. The molecule has 0 spiro atoms. The van der Waals surface area contributed by atoms with E-state index < -0.39 is 27.8 Å². The van der Waals surface area contributed by atoms with E-state index >= 15 is 0 Å². The number of Topliss-reactive ketones (excluding diaryl/α,β-unsaturated/α-hetero) is 1. The molecule has 5 rings (SSSR count). The molecular weight excluding hydrogens is 545 g/mol. The number of rotatable bonds is 9. The van der Waals surface area contributed by atoms with E-state index in [-0.39, 0.29) is 16.6 Å². The van der Waals surface area contributed by atoms with Crippen LogP contribution in [0, 0.1) is 11.3 Å². The number of nitrogens with zero attached hydrogens (tertiary/aromatic N) is 1. The van der Waals surface area contributed by atoms with Crippen molar-refractivity contribution in [2.24, 2.45) is 0 Å². The van der Waals surface area contributed by atoms with Gasteiger partial charge in [-0.15, -0.1) is 0 Å². The number of hydrogen-bond acceptors (Lipinski definition) is 4. The molecule has 0 bridgehead atoms. The van der Waals surface area contributed by atoms with Gasteiger partial charge in [0, 0.05) is 0 Å². The molecule has 5 aromatic rings. The van der Waals surface area contributed by atoms with Crippen molar-refractivity contribution in [3.63, 3.8) is 0 Å². The van der Waals surface area contributed by atoms with E-state index in [0.717, 1.165) is 15.9 Å². The number of carbonyl (C=O) groups excluding carboxylic acids is 1. The molecule has 0 heterocycles. The maximum atomic E-state index is 14.9. The minimum atomic E-state index is -4.16. The molecule has 1 unspecified atom stereocenters. The van der Waals surface area contributed by atoms with Gasteiger partial charge in [0.2, 0.25) is 0 Å². The van der Waals surface area contributed by atoms with Crippen LogP contribution >= 0.6 is 6.89 Å². The molecule has 5 aromatic carbocycles. The van der Waals surface area contributed by atoms with E-state index in [4.69, 9.17) is 0 Å². The highest BCUT2D eigenvalue weighted by Crippen LogP contribution is 2.46. The number of carbonyl (C=O) groups is 1. The Balaban J connectivity index is 1.89. The molecule has 0 aliphatic heterocycles. The zero-order valence-corrected chi connectivity index (χ0v) is 24.0. The summed E-state index contributed by atoms with van der Waals surface area (Å²) in [6.07, 6.45) is -0.0551. The topological polar surface area (TPSA) is 75.0 Å². The zero-order valence-electron chi connectivity index (χ0n) is 22.2. The molecule has 41 heavy (non-hydrogen) atoms. The quantitative estimate of drug-likeness (QED) is 0.224. The first-order valence-corrected chi connectivity index (χ1v) is 16.5. The van der Waals surface area contributed by atoms with Crippen molar-refractivity contribution < 1.29 is 13.2 Å². The van der Waals surface area contributed by atoms with E-state index in [9.17, 15) is 18.5 Å². The summed E-state index contributed by atoms with van der Waals surface area (Å²) in [5.41, 5.74) is 0.700. The predicted octanol–water partition coefficient (Wildman–Crippen LogP) is 5.33. The van der Waals surface area contributed by atoms with Crippen LogP contribution in [0.3, 0.4) is 0 Å². The minimum absolute atomic E-state index is 0.0402. The number of ketones is 1. The van der Waals surface area contributed by atoms with Gasteiger partial charge in [-0.3, -0.25) is 4.79 Å². The molecule has 0 aliphatic rings. The summed E-state index contributed by atoms with van der Waals surface area (Å²) in [4.78, 5) is 14.9. The van der Waals surface area contributed by atoms with Crippen LogP contribution < -0.4 is 15.9 Å². The van der Waals surface area contributed by atoms with E-state index in [0.29, 0.717) is 5.56 Å². The van der Waals surface area contributed by atoms with Gasteiger partial charge in [0.05, 0.1) is 4.90 Å².